The van der Waals surface area contributed by atoms with E-state index in [0.717, 1.165) is 0 Å². The Morgan fingerprint density at radius 2 is 1.59 bits per heavy atom. The first-order valence-electron chi connectivity index (χ1n) is 7.25. The maximum atomic E-state index is 12.9. The molecule has 1 heterocycles. The second-order valence-electron chi connectivity index (χ2n) is 5.70. The van der Waals surface area contributed by atoms with Crippen LogP contribution in [-0.4, -0.2) is 64.1 Å². The number of benzene rings is 1. The van der Waals surface area contributed by atoms with Crippen molar-refractivity contribution in [3.8, 4) is 11.5 Å². The van der Waals surface area contributed by atoms with Gasteiger partial charge in [0.15, 0.2) is 11.5 Å². The van der Waals surface area contributed by atoms with Crippen LogP contribution < -0.4 is 9.47 Å². The molecule has 0 radical (unpaired) electrons. The number of sulfonamides is 1. The predicted molar refractivity (Wildman–Crippen MR) is 85.0 cm³/mol. The topological polar surface area (TPSA) is 59.1 Å². The van der Waals surface area contributed by atoms with Crippen LogP contribution in [0.4, 0.5) is 0 Å². The van der Waals surface area contributed by atoms with Crippen LogP contribution in [0.1, 0.15) is 13.8 Å². The molecule has 0 N–H and O–H groups in total. The van der Waals surface area contributed by atoms with Gasteiger partial charge < -0.3 is 9.47 Å². The molecule has 7 heteroatoms. The van der Waals surface area contributed by atoms with Crippen molar-refractivity contribution in [2.24, 2.45) is 0 Å². The molecule has 1 saturated heterocycles. The van der Waals surface area contributed by atoms with Gasteiger partial charge in [-0.15, -0.1) is 0 Å². The number of methoxy groups -OCH3 is 2. The Hall–Kier alpha value is -1.31. The second kappa shape index (κ2) is 6.44. The van der Waals surface area contributed by atoms with Gasteiger partial charge in [-0.3, -0.25) is 4.90 Å². The number of ether oxygens (including phenoxy) is 2. The van der Waals surface area contributed by atoms with Gasteiger partial charge in [0.2, 0.25) is 10.0 Å². The highest BCUT2D eigenvalue weighted by Crippen LogP contribution is 2.31. The summed E-state index contributed by atoms with van der Waals surface area (Å²) >= 11 is 0. The Kier molecular flexibility index (Phi) is 4.99. The third-order valence-electron chi connectivity index (χ3n) is 4.32. The number of hydrogen-bond donors (Lipinski definition) is 0. The fourth-order valence-electron chi connectivity index (χ4n) is 2.68. The van der Waals surface area contributed by atoms with Crippen LogP contribution in [0.3, 0.4) is 0 Å². The number of rotatable bonds is 4. The molecule has 1 aliphatic rings. The largest absolute Gasteiger partial charge is 0.493 e. The van der Waals surface area contributed by atoms with Crippen LogP contribution in [0.5, 0.6) is 11.5 Å². The van der Waals surface area contributed by atoms with E-state index in [2.05, 4.69) is 4.90 Å². The lowest BCUT2D eigenvalue weighted by Gasteiger charge is -2.41. The monoisotopic (exact) mass is 328 g/mol. The van der Waals surface area contributed by atoms with Crippen LogP contribution in [0.2, 0.25) is 0 Å². The number of piperazine rings is 1. The van der Waals surface area contributed by atoms with Crippen LogP contribution in [0, 0.1) is 0 Å². The van der Waals surface area contributed by atoms with Gasteiger partial charge in [0.05, 0.1) is 19.1 Å². The molecule has 0 spiro atoms. The lowest BCUT2D eigenvalue weighted by molar-refractivity contribution is 0.105. The Morgan fingerprint density at radius 3 is 2.09 bits per heavy atom. The van der Waals surface area contributed by atoms with E-state index in [1.165, 1.54) is 20.3 Å². The highest BCUT2D eigenvalue weighted by Gasteiger charge is 2.34. The molecule has 0 saturated carbocycles. The molecular weight excluding hydrogens is 304 g/mol. The molecule has 1 fully saturated rings. The van der Waals surface area contributed by atoms with Crippen molar-refractivity contribution in [1.29, 1.82) is 0 Å². The molecule has 0 aliphatic carbocycles. The van der Waals surface area contributed by atoms with Crippen molar-refractivity contribution in [1.82, 2.24) is 9.21 Å². The van der Waals surface area contributed by atoms with E-state index >= 15 is 0 Å². The molecule has 2 unspecified atom stereocenters. The quantitative estimate of drug-likeness (QED) is 0.836. The molecule has 2 rings (SSSR count). The summed E-state index contributed by atoms with van der Waals surface area (Å²) in [6.07, 6.45) is 0. The molecule has 0 bridgehead atoms. The lowest BCUT2D eigenvalue weighted by atomic mass is 10.1. The van der Waals surface area contributed by atoms with E-state index < -0.39 is 10.0 Å². The fourth-order valence-corrected chi connectivity index (χ4v) is 4.30. The maximum absolute atomic E-state index is 12.9. The van der Waals surface area contributed by atoms with E-state index in [0.29, 0.717) is 24.6 Å². The van der Waals surface area contributed by atoms with Gasteiger partial charge >= 0.3 is 0 Å². The van der Waals surface area contributed by atoms with Gasteiger partial charge in [-0.25, -0.2) is 8.42 Å². The molecule has 0 aromatic heterocycles. The summed E-state index contributed by atoms with van der Waals surface area (Å²) in [7, 11) is 1.50. The van der Waals surface area contributed by atoms with Gasteiger partial charge in [0.1, 0.15) is 0 Å². The third kappa shape index (κ3) is 3.06. The maximum Gasteiger partial charge on any atom is 0.243 e. The molecule has 0 amide bonds. The molecule has 1 aromatic carbocycles. The van der Waals surface area contributed by atoms with Crippen molar-refractivity contribution in [3.63, 3.8) is 0 Å². The van der Waals surface area contributed by atoms with E-state index in [-0.39, 0.29) is 17.0 Å². The summed E-state index contributed by atoms with van der Waals surface area (Å²) in [4.78, 5) is 2.43. The Bertz CT molecular complexity index is 620. The highest BCUT2D eigenvalue weighted by molar-refractivity contribution is 7.89. The van der Waals surface area contributed by atoms with Crippen molar-refractivity contribution in [2.45, 2.75) is 30.8 Å². The van der Waals surface area contributed by atoms with Crippen molar-refractivity contribution in [2.75, 3.05) is 34.4 Å². The summed E-state index contributed by atoms with van der Waals surface area (Å²) in [5, 5.41) is 0. The summed E-state index contributed by atoms with van der Waals surface area (Å²) < 4.78 is 37.6. The number of hydrogen-bond acceptors (Lipinski definition) is 5. The first-order valence-corrected chi connectivity index (χ1v) is 8.69. The van der Waals surface area contributed by atoms with Crippen molar-refractivity contribution < 1.29 is 17.9 Å². The minimum Gasteiger partial charge on any atom is -0.493 e. The Morgan fingerprint density at radius 1 is 1.05 bits per heavy atom. The summed E-state index contributed by atoms with van der Waals surface area (Å²) in [5.74, 6) is 0.931. The van der Waals surface area contributed by atoms with Gasteiger partial charge in [0.25, 0.3) is 0 Å². The predicted octanol–water partition coefficient (Wildman–Crippen LogP) is 1.42. The average molecular weight is 328 g/mol. The number of nitrogens with zero attached hydrogens (tertiary/aromatic N) is 2. The summed E-state index contributed by atoms with van der Waals surface area (Å²) in [6, 6.07) is 5.05. The normalized spacial score (nSPS) is 24.2. The minimum absolute atomic E-state index is 0.179. The van der Waals surface area contributed by atoms with E-state index in [1.54, 1.807) is 16.4 Å². The summed E-state index contributed by atoms with van der Waals surface area (Å²) in [5.41, 5.74) is 0. The smallest absolute Gasteiger partial charge is 0.243 e. The average Bonchev–Trinajstić information content (AvgIpc) is 2.51. The third-order valence-corrected chi connectivity index (χ3v) is 6.15. The summed E-state index contributed by atoms with van der Waals surface area (Å²) in [6.45, 7) is 5.04. The van der Waals surface area contributed by atoms with Gasteiger partial charge in [-0.2, -0.15) is 4.31 Å². The first-order chi connectivity index (χ1) is 10.3. The fraction of sp³-hybridized carbons (Fsp3) is 0.600. The van der Waals surface area contributed by atoms with Crippen LogP contribution in [-0.2, 0) is 10.0 Å². The van der Waals surface area contributed by atoms with Gasteiger partial charge in [0, 0.05) is 31.2 Å². The lowest BCUT2D eigenvalue weighted by Crippen LogP contribution is -2.56. The molecule has 124 valence electrons. The standard InChI is InChI=1S/C15H24N2O4S/c1-11-9-17(10-12(2)16(11)3)22(18,19)13-6-7-14(20-4)15(8-13)21-5/h6-8,11-12H,9-10H2,1-5H3. The van der Waals surface area contributed by atoms with E-state index in [9.17, 15) is 8.42 Å². The van der Waals surface area contributed by atoms with Gasteiger partial charge in [-0.05, 0) is 33.0 Å². The molecule has 1 aliphatic heterocycles. The van der Waals surface area contributed by atoms with Gasteiger partial charge in [-0.1, -0.05) is 0 Å². The highest BCUT2D eigenvalue weighted by atomic mass is 32.2. The van der Waals surface area contributed by atoms with Crippen LogP contribution in [0.15, 0.2) is 23.1 Å². The minimum atomic E-state index is -3.54. The zero-order valence-corrected chi connectivity index (χ0v) is 14.6. The molecule has 1 aromatic rings. The van der Waals surface area contributed by atoms with E-state index in [1.807, 2.05) is 20.9 Å². The Labute approximate surface area is 132 Å². The van der Waals surface area contributed by atoms with Crippen molar-refractivity contribution >= 4 is 10.0 Å². The zero-order chi connectivity index (χ0) is 16.5. The second-order valence-corrected chi connectivity index (χ2v) is 7.64. The zero-order valence-electron chi connectivity index (χ0n) is 13.7. The molecule has 6 nitrogen and oxygen atoms in total. The van der Waals surface area contributed by atoms with E-state index in [4.69, 9.17) is 9.47 Å². The molecule has 22 heavy (non-hydrogen) atoms. The number of likely N-dealkylation sites (N-methyl/N-ethyl adjacent to an activating group) is 1. The SMILES string of the molecule is COc1ccc(S(=O)(=O)N2CC(C)N(C)C(C)C2)cc1OC. The van der Waals surface area contributed by atoms with Crippen LogP contribution in [0.25, 0.3) is 0 Å². The van der Waals surface area contributed by atoms with Crippen molar-refractivity contribution in [3.05, 3.63) is 18.2 Å². The van der Waals surface area contributed by atoms with Crippen LogP contribution >= 0.6 is 0 Å². The molecule has 2 atom stereocenters. The first kappa shape index (κ1) is 17.1. The molecular formula is C15H24N2O4S. The Balaban J connectivity index is 2.34.